The molecule has 2 heteroatoms. The highest BCUT2D eigenvalue weighted by molar-refractivity contribution is 5.78. The molecule has 20 heavy (non-hydrogen) atoms. The fraction of sp³-hybridized carbons (Fsp3) is 0.278. The SMILES string of the molecule is O=C1OCC2Cc3ccccc3-c3ccccc3CC12. The van der Waals surface area contributed by atoms with Crippen LogP contribution >= 0.6 is 0 Å². The first-order valence-electron chi connectivity index (χ1n) is 7.16. The third kappa shape index (κ3) is 1.75. The average molecular weight is 264 g/mol. The first kappa shape index (κ1) is 11.7. The number of rotatable bonds is 0. The summed E-state index contributed by atoms with van der Waals surface area (Å²) in [5.41, 5.74) is 5.16. The van der Waals surface area contributed by atoms with Crippen molar-refractivity contribution in [2.24, 2.45) is 11.8 Å². The van der Waals surface area contributed by atoms with Gasteiger partial charge in [-0.25, -0.2) is 0 Å². The summed E-state index contributed by atoms with van der Waals surface area (Å²) in [6.07, 6.45) is 1.73. The van der Waals surface area contributed by atoms with E-state index in [2.05, 4.69) is 48.5 Å². The first-order valence-corrected chi connectivity index (χ1v) is 7.16. The Bertz CT molecular complexity index is 675. The summed E-state index contributed by atoms with van der Waals surface area (Å²) in [6.45, 7) is 0.569. The fourth-order valence-electron chi connectivity index (χ4n) is 3.50. The molecule has 2 atom stereocenters. The number of cyclic esters (lactones) is 1. The van der Waals surface area contributed by atoms with Crippen LogP contribution in [0, 0.1) is 11.8 Å². The van der Waals surface area contributed by atoms with E-state index in [-0.39, 0.29) is 11.9 Å². The third-order valence-corrected chi connectivity index (χ3v) is 4.56. The summed E-state index contributed by atoms with van der Waals surface area (Å²) in [5.74, 6) is 0.311. The van der Waals surface area contributed by atoms with E-state index in [1.54, 1.807) is 0 Å². The summed E-state index contributed by atoms with van der Waals surface area (Å²) in [7, 11) is 0. The molecular weight excluding hydrogens is 248 g/mol. The number of carbonyl (C=O) groups excluding carboxylic acids is 1. The van der Waals surface area contributed by atoms with Crippen LogP contribution in [0.3, 0.4) is 0 Å². The summed E-state index contributed by atoms with van der Waals surface area (Å²) >= 11 is 0. The molecule has 0 spiro atoms. The van der Waals surface area contributed by atoms with Gasteiger partial charge in [-0.15, -0.1) is 0 Å². The van der Waals surface area contributed by atoms with Crippen LogP contribution in [0.1, 0.15) is 11.1 Å². The van der Waals surface area contributed by atoms with Gasteiger partial charge in [0.25, 0.3) is 0 Å². The zero-order valence-electron chi connectivity index (χ0n) is 11.2. The van der Waals surface area contributed by atoms with Crippen LogP contribution in [0.25, 0.3) is 11.1 Å². The van der Waals surface area contributed by atoms with Crippen molar-refractivity contribution < 1.29 is 9.53 Å². The number of benzene rings is 2. The van der Waals surface area contributed by atoms with E-state index in [1.165, 1.54) is 22.3 Å². The number of hydrogen-bond donors (Lipinski definition) is 0. The Morgan fingerprint density at radius 2 is 1.45 bits per heavy atom. The number of fused-ring (bicyclic) bond motifs is 4. The largest absolute Gasteiger partial charge is 0.465 e. The molecule has 0 aromatic heterocycles. The van der Waals surface area contributed by atoms with Crippen molar-refractivity contribution in [2.45, 2.75) is 12.8 Å². The number of esters is 1. The van der Waals surface area contributed by atoms with Crippen molar-refractivity contribution in [1.29, 1.82) is 0 Å². The Kier molecular flexibility index (Phi) is 2.62. The molecule has 2 aliphatic rings. The Labute approximate surface area is 118 Å². The summed E-state index contributed by atoms with van der Waals surface area (Å²) < 4.78 is 5.30. The van der Waals surface area contributed by atoms with Crippen molar-refractivity contribution in [2.75, 3.05) is 6.61 Å². The molecule has 1 heterocycles. The first-order chi connectivity index (χ1) is 9.83. The molecule has 100 valence electrons. The van der Waals surface area contributed by atoms with Crippen LogP contribution in [0.4, 0.5) is 0 Å². The van der Waals surface area contributed by atoms with Crippen molar-refractivity contribution in [3.8, 4) is 11.1 Å². The molecule has 2 aromatic carbocycles. The Morgan fingerprint density at radius 1 is 0.850 bits per heavy atom. The zero-order valence-corrected chi connectivity index (χ0v) is 11.2. The molecule has 1 aliphatic heterocycles. The van der Waals surface area contributed by atoms with Gasteiger partial charge < -0.3 is 4.74 Å². The highest BCUT2D eigenvalue weighted by Gasteiger charge is 2.38. The third-order valence-electron chi connectivity index (χ3n) is 4.56. The second kappa shape index (κ2) is 4.48. The number of ether oxygens (including phenoxy) is 1. The van der Waals surface area contributed by atoms with Gasteiger partial charge in [-0.1, -0.05) is 48.5 Å². The van der Waals surface area contributed by atoms with E-state index in [9.17, 15) is 4.79 Å². The quantitative estimate of drug-likeness (QED) is 0.683. The van der Waals surface area contributed by atoms with Crippen LogP contribution in [0.5, 0.6) is 0 Å². The molecule has 4 rings (SSSR count). The van der Waals surface area contributed by atoms with Gasteiger partial charge >= 0.3 is 5.97 Å². The molecule has 0 saturated carbocycles. The van der Waals surface area contributed by atoms with E-state index in [0.717, 1.165) is 12.8 Å². The summed E-state index contributed by atoms with van der Waals surface area (Å²) in [5, 5.41) is 0. The molecule has 2 unspecified atom stereocenters. The predicted molar refractivity (Wildman–Crippen MR) is 77.2 cm³/mol. The van der Waals surface area contributed by atoms with Gasteiger partial charge in [0.15, 0.2) is 0 Å². The fourth-order valence-corrected chi connectivity index (χ4v) is 3.50. The van der Waals surface area contributed by atoms with Crippen LogP contribution < -0.4 is 0 Å². The Hall–Kier alpha value is -2.09. The monoisotopic (exact) mass is 264 g/mol. The molecule has 0 N–H and O–H groups in total. The van der Waals surface area contributed by atoms with Crippen LogP contribution in [-0.4, -0.2) is 12.6 Å². The van der Waals surface area contributed by atoms with E-state index in [4.69, 9.17) is 4.74 Å². The van der Waals surface area contributed by atoms with Crippen LogP contribution in [-0.2, 0) is 22.4 Å². The second-order valence-electron chi connectivity index (χ2n) is 5.72. The smallest absolute Gasteiger partial charge is 0.309 e. The number of hydrogen-bond acceptors (Lipinski definition) is 2. The molecule has 1 saturated heterocycles. The van der Waals surface area contributed by atoms with E-state index in [1.807, 2.05) is 0 Å². The standard InChI is InChI=1S/C18H16O2/c19-18-17-10-13-6-2-4-8-16(13)15-7-3-1-5-12(15)9-14(17)11-20-18/h1-8,14,17H,9-11H2. The Balaban J connectivity index is 1.91. The minimum atomic E-state index is -0.0239. The van der Waals surface area contributed by atoms with Crippen LogP contribution in [0.15, 0.2) is 48.5 Å². The zero-order chi connectivity index (χ0) is 13.5. The normalized spacial score (nSPS) is 23.9. The van der Waals surface area contributed by atoms with E-state index >= 15 is 0 Å². The molecule has 2 aromatic rings. The van der Waals surface area contributed by atoms with Crippen molar-refractivity contribution in [1.82, 2.24) is 0 Å². The summed E-state index contributed by atoms with van der Waals surface area (Å²) in [6, 6.07) is 17.0. The molecule has 0 amide bonds. The van der Waals surface area contributed by atoms with Gasteiger partial charge in [0.1, 0.15) is 0 Å². The Morgan fingerprint density at radius 3 is 2.15 bits per heavy atom. The highest BCUT2D eigenvalue weighted by atomic mass is 16.5. The lowest BCUT2D eigenvalue weighted by molar-refractivity contribution is -0.141. The molecule has 0 bridgehead atoms. The lowest BCUT2D eigenvalue weighted by Crippen LogP contribution is -2.22. The van der Waals surface area contributed by atoms with Gasteiger partial charge in [0, 0.05) is 5.92 Å². The van der Waals surface area contributed by atoms with Crippen molar-refractivity contribution in [3.63, 3.8) is 0 Å². The minimum Gasteiger partial charge on any atom is -0.465 e. The van der Waals surface area contributed by atoms with Gasteiger partial charge in [-0.2, -0.15) is 0 Å². The molecule has 0 radical (unpaired) electrons. The lowest BCUT2D eigenvalue weighted by atomic mass is 9.78. The molecule has 1 fully saturated rings. The predicted octanol–water partition coefficient (Wildman–Crippen LogP) is 3.24. The highest BCUT2D eigenvalue weighted by Crippen LogP contribution is 2.38. The van der Waals surface area contributed by atoms with Gasteiger partial charge in [-0.3, -0.25) is 4.79 Å². The van der Waals surface area contributed by atoms with Gasteiger partial charge in [-0.05, 0) is 35.1 Å². The van der Waals surface area contributed by atoms with Gasteiger partial charge in [0.05, 0.1) is 12.5 Å². The minimum absolute atomic E-state index is 0.0181. The van der Waals surface area contributed by atoms with E-state index < -0.39 is 0 Å². The topological polar surface area (TPSA) is 26.3 Å². The van der Waals surface area contributed by atoms with Crippen molar-refractivity contribution >= 4 is 5.97 Å². The average Bonchev–Trinajstić information content (AvgIpc) is 2.79. The maximum atomic E-state index is 12.0. The molecule has 2 nitrogen and oxygen atoms in total. The molecular formula is C18H16O2. The maximum absolute atomic E-state index is 12.0. The van der Waals surface area contributed by atoms with Gasteiger partial charge in [0.2, 0.25) is 0 Å². The molecule has 1 aliphatic carbocycles. The number of carbonyl (C=O) groups is 1. The van der Waals surface area contributed by atoms with E-state index in [0.29, 0.717) is 12.5 Å². The lowest BCUT2D eigenvalue weighted by Gasteiger charge is -2.23. The van der Waals surface area contributed by atoms with Crippen LogP contribution in [0.2, 0.25) is 0 Å². The van der Waals surface area contributed by atoms with Crippen molar-refractivity contribution in [3.05, 3.63) is 59.7 Å². The second-order valence-corrected chi connectivity index (χ2v) is 5.72. The summed E-state index contributed by atoms with van der Waals surface area (Å²) in [4.78, 5) is 12.0. The maximum Gasteiger partial charge on any atom is 0.309 e.